The van der Waals surface area contributed by atoms with Gasteiger partial charge in [0.15, 0.2) is 0 Å². The van der Waals surface area contributed by atoms with Gasteiger partial charge in [-0.2, -0.15) is 0 Å². The maximum absolute atomic E-state index is 11.9. The molecule has 0 spiro atoms. The number of nitrogens with zero attached hydrogens (tertiary/aromatic N) is 3. The Kier molecular flexibility index (Phi) is 5.03. The molecule has 30 heavy (non-hydrogen) atoms. The van der Waals surface area contributed by atoms with E-state index in [0.717, 1.165) is 33.2 Å². The number of amides is 1. The first-order valence-corrected chi connectivity index (χ1v) is 9.69. The number of benzene rings is 2. The van der Waals surface area contributed by atoms with E-state index in [-0.39, 0.29) is 0 Å². The zero-order valence-corrected chi connectivity index (χ0v) is 17.5. The molecule has 2 aromatic heterocycles. The number of fused-ring (bicyclic) bond motifs is 3. The van der Waals surface area contributed by atoms with Gasteiger partial charge in [0.25, 0.3) is 0 Å². The van der Waals surface area contributed by atoms with Gasteiger partial charge in [-0.25, -0.2) is 9.78 Å². The molecule has 0 saturated heterocycles. The Hall–Kier alpha value is -3.61. The summed E-state index contributed by atoms with van der Waals surface area (Å²) in [6.07, 6.45) is 3.13. The molecule has 0 aliphatic carbocycles. The first kappa shape index (κ1) is 19.7. The summed E-state index contributed by atoms with van der Waals surface area (Å²) in [6.45, 7) is 6.15. The van der Waals surface area contributed by atoms with Crippen molar-refractivity contribution in [1.29, 1.82) is 0 Å². The second-order valence-corrected chi connectivity index (χ2v) is 8.07. The van der Waals surface area contributed by atoms with Crippen LogP contribution < -0.4 is 10.1 Å². The van der Waals surface area contributed by atoms with Crippen molar-refractivity contribution in [2.75, 3.05) is 12.4 Å². The molecular formula is C23H24N4O3. The lowest BCUT2D eigenvalue weighted by Gasteiger charge is -2.19. The molecule has 0 fully saturated rings. The standard InChI is InChI=1S/C23H24N4O3/c1-23(2,3)30-22(28)26-16-7-5-15(6-8-16)13-27-14-25-20-12-24-19-11-17(29-4)9-10-18(19)21(20)27/h5-12,14H,13H2,1-4H3,(H,26,28). The summed E-state index contributed by atoms with van der Waals surface area (Å²) < 4.78 is 12.7. The van der Waals surface area contributed by atoms with Crippen LogP contribution in [-0.4, -0.2) is 33.3 Å². The van der Waals surface area contributed by atoms with Gasteiger partial charge in [-0.1, -0.05) is 12.1 Å². The molecular weight excluding hydrogens is 380 g/mol. The minimum absolute atomic E-state index is 0.467. The van der Waals surface area contributed by atoms with Crippen LogP contribution >= 0.6 is 0 Å². The third-order valence-corrected chi connectivity index (χ3v) is 4.60. The van der Waals surface area contributed by atoms with Crippen molar-refractivity contribution >= 4 is 33.7 Å². The van der Waals surface area contributed by atoms with E-state index in [1.165, 1.54) is 0 Å². The Balaban J connectivity index is 1.57. The highest BCUT2D eigenvalue weighted by Crippen LogP contribution is 2.27. The molecule has 0 aliphatic heterocycles. The van der Waals surface area contributed by atoms with Gasteiger partial charge in [-0.05, 0) is 50.6 Å². The number of methoxy groups -OCH3 is 1. The number of aromatic nitrogens is 3. The van der Waals surface area contributed by atoms with Crippen molar-refractivity contribution in [3.05, 3.63) is 60.6 Å². The Bertz CT molecular complexity index is 1210. The molecule has 0 unspecified atom stereocenters. The largest absolute Gasteiger partial charge is 0.497 e. The average molecular weight is 404 g/mol. The lowest BCUT2D eigenvalue weighted by atomic mass is 10.1. The normalized spacial score (nSPS) is 11.6. The average Bonchev–Trinajstić information content (AvgIpc) is 3.10. The summed E-state index contributed by atoms with van der Waals surface area (Å²) in [4.78, 5) is 20.9. The molecule has 7 nitrogen and oxygen atoms in total. The van der Waals surface area contributed by atoms with Crippen molar-refractivity contribution in [2.45, 2.75) is 32.9 Å². The van der Waals surface area contributed by atoms with Gasteiger partial charge in [0.1, 0.15) is 16.9 Å². The van der Waals surface area contributed by atoms with E-state index in [2.05, 4.69) is 19.9 Å². The van der Waals surface area contributed by atoms with Crippen molar-refractivity contribution in [2.24, 2.45) is 0 Å². The highest BCUT2D eigenvalue weighted by molar-refractivity contribution is 6.02. The molecule has 4 aromatic rings. The fraction of sp³-hybridized carbons (Fsp3) is 0.261. The van der Waals surface area contributed by atoms with Crippen molar-refractivity contribution in [1.82, 2.24) is 14.5 Å². The molecule has 2 aromatic carbocycles. The van der Waals surface area contributed by atoms with E-state index in [0.29, 0.717) is 12.2 Å². The first-order chi connectivity index (χ1) is 14.3. The second-order valence-electron chi connectivity index (χ2n) is 8.07. The van der Waals surface area contributed by atoms with Gasteiger partial charge in [-0.3, -0.25) is 10.3 Å². The van der Waals surface area contributed by atoms with E-state index in [1.54, 1.807) is 13.3 Å². The predicted molar refractivity (Wildman–Crippen MR) is 117 cm³/mol. The second kappa shape index (κ2) is 7.67. The maximum Gasteiger partial charge on any atom is 0.412 e. The fourth-order valence-electron chi connectivity index (χ4n) is 3.29. The van der Waals surface area contributed by atoms with Crippen LogP contribution in [0.3, 0.4) is 0 Å². The van der Waals surface area contributed by atoms with Crippen LogP contribution in [0.4, 0.5) is 10.5 Å². The van der Waals surface area contributed by atoms with E-state index in [1.807, 2.05) is 69.6 Å². The zero-order valence-electron chi connectivity index (χ0n) is 17.5. The number of carbonyl (C=O) groups excluding carboxylic acids is 1. The van der Waals surface area contributed by atoms with Crippen LogP contribution in [0.5, 0.6) is 5.75 Å². The minimum Gasteiger partial charge on any atom is -0.497 e. The quantitative estimate of drug-likeness (QED) is 0.518. The summed E-state index contributed by atoms with van der Waals surface area (Å²) in [6, 6.07) is 13.5. The van der Waals surface area contributed by atoms with E-state index in [4.69, 9.17) is 9.47 Å². The van der Waals surface area contributed by atoms with Crippen LogP contribution in [0.2, 0.25) is 0 Å². The highest BCUT2D eigenvalue weighted by Gasteiger charge is 2.16. The molecule has 0 aliphatic rings. The molecule has 4 rings (SSSR count). The van der Waals surface area contributed by atoms with Gasteiger partial charge >= 0.3 is 6.09 Å². The topological polar surface area (TPSA) is 78.3 Å². The SMILES string of the molecule is COc1ccc2c(c1)ncc1ncn(Cc3ccc(NC(=O)OC(C)(C)C)cc3)c12. The molecule has 7 heteroatoms. The minimum atomic E-state index is -0.534. The third-order valence-electron chi connectivity index (χ3n) is 4.60. The van der Waals surface area contributed by atoms with Crippen molar-refractivity contribution < 1.29 is 14.3 Å². The van der Waals surface area contributed by atoms with Crippen LogP contribution in [0.25, 0.3) is 21.9 Å². The van der Waals surface area contributed by atoms with E-state index >= 15 is 0 Å². The molecule has 154 valence electrons. The van der Waals surface area contributed by atoms with Crippen LogP contribution in [0.1, 0.15) is 26.3 Å². The first-order valence-electron chi connectivity index (χ1n) is 9.69. The van der Waals surface area contributed by atoms with Gasteiger partial charge in [0.2, 0.25) is 0 Å². The van der Waals surface area contributed by atoms with Gasteiger partial charge in [0, 0.05) is 23.7 Å². The van der Waals surface area contributed by atoms with Crippen LogP contribution in [0.15, 0.2) is 55.0 Å². The monoisotopic (exact) mass is 404 g/mol. The number of anilines is 1. The van der Waals surface area contributed by atoms with Crippen LogP contribution in [-0.2, 0) is 11.3 Å². The molecule has 1 amide bonds. The number of pyridine rings is 1. The Morgan fingerprint density at radius 3 is 2.53 bits per heavy atom. The molecule has 0 atom stereocenters. The number of ether oxygens (including phenoxy) is 2. The Morgan fingerprint density at radius 1 is 1.07 bits per heavy atom. The Morgan fingerprint density at radius 2 is 1.83 bits per heavy atom. The number of hydrogen-bond donors (Lipinski definition) is 1. The molecule has 1 N–H and O–H groups in total. The molecule has 2 heterocycles. The number of hydrogen-bond acceptors (Lipinski definition) is 5. The summed E-state index contributed by atoms with van der Waals surface area (Å²) in [5.74, 6) is 0.772. The molecule has 0 bridgehead atoms. The maximum atomic E-state index is 11.9. The summed E-state index contributed by atoms with van der Waals surface area (Å²) in [5, 5.41) is 3.77. The van der Waals surface area contributed by atoms with Gasteiger partial charge in [0.05, 0.1) is 30.7 Å². The number of imidazole rings is 1. The summed E-state index contributed by atoms with van der Waals surface area (Å²) >= 11 is 0. The smallest absolute Gasteiger partial charge is 0.412 e. The molecule has 0 radical (unpaired) electrons. The van der Waals surface area contributed by atoms with E-state index in [9.17, 15) is 4.79 Å². The fourth-order valence-corrected chi connectivity index (χ4v) is 3.29. The highest BCUT2D eigenvalue weighted by atomic mass is 16.6. The lowest BCUT2D eigenvalue weighted by Crippen LogP contribution is -2.27. The molecule has 0 saturated carbocycles. The third kappa shape index (κ3) is 4.20. The number of rotatable bonds is 4. The zero-order chi connectivity index (χ0) is 21.3. The lowest BCUT2D eigenvalue weighted by molar-refractivity contribution is 0.0636. The number of carbonyl (C=O) groups is 1. The number of nitrogens with one attached hydrogen (secondary N) is 1. The van der Waals surface area contributed by atoms with Gasteiger partial charge < -0.3 is 14.0 Å². The van der Waals surface area contributed by atoms with Crippen molar-refractivity contribution in [3.8, 4) is 5.75 Å². The van der Waals surface area contributed by atoms with Crippen molar-refractivity contribution in [3.63, 3.8) is 0 Å². The van der Waals surface area contributed by atoms with Gasteiger partial charge in [-0.15, -0.1) is 0 Å². The summed E-state index contributed by atoms with van der Waals surface area (Å²) in [7, 11) is 1.64. The van der Waals surface area contributed by atoms with Crippen LogP contribution in [0, 0.1) is 0 Å². The Labute approximate surface area is 174 Å². The van der Waals surface area contributed by atoms with E-state index < -0.39 is 11.7 Å². The predicted octanol–water partition coefficient (Wildman–Crippen LogP) is 4.99. The summed E-state index contributed by atoms with van der Waals surface area (Å²) in [5.41, 5.74) is 3.97.